The first-order valence-electron chi connectivity index (χ1n) is 2.71. The molecule has 0 aromatic heterocycles. The van der Waals surface area contributed by atoms with Gasteiger partial charge in [0.2, 0.25) is 0 Å². The second-order valence-corrected chi connectivity index (χ2v) is 2.65. The van der Waals surface area contributed by atoms with Crippen molar-refractivity contribution in [2.75, 3.05) is 0 Å². The summed E-state index contributed by atoms with van der Waals surface area (Å²) in [5, 5.41) is 0. The van der Waals surface area contributed by atoms with Crippen LogP contribution >= 0.6 is 0 Å². The average Bonchev–Trinajstić information content (AvgIpc) is 2.00. The summed E-state index contributed by atoms with van der Waals surface area (Å²) >= 11 is -2.20. The van der Waals surface area contributed by atoms with Crippen molar-refractivity contribution >= 4 is 11.9 Å². The molecule has 0 aliphatic carbocycles. The molecule has 0 aromatic carbocycles. The Kier molecular flexibility index (Phi) is 4.54. The van der Waals surface area contributed by atoms with Gasteiger partial charge < -0.3 is 0 Å². The van der Waals surface area contributed by atoms with Crippen LogP contribution in [0.3, 0.4) is 0 Å². The number of hydrogen-bond acceptors (Lipinski definition) is 4. The summed E-state index contributed by atoms with van der Waals surface area (Å²) < 4.78 is 74.7. The topological polar surface area (TPSA) is 52.6 Å². The summed E-state index contributed by atoms with van der Waals surface area (Å²) in [5.74, 6) is -5.46. The average molecular weight is 332 g/mol. The molecule has 0 spiro atoms. The van der Waals surface area contributed by atoms with Gasteiger partial charge in [-0.3, -0.25) is 0 Å². The predicted octanol–water partition coefficient (Wildman–Crippen LogP) is 1.11. The molecule has 0 unspecified atom stereocenters. The summed E-state index contributed by atoms with van der Waals surface area (Å²) in [4.78, 5) is 19.8. The molecule has 0 saturated carbocycles. The van der Waals surface area contributed by atoms with Gasteiger partial charge >= 0.3 is 85.9 Å². The fourth-order valence-corrected chi connectivity index (χ4v) is 0.794. The first-order chi connectivity index (χ1) is 6.55. The van der Waals surface area contributed by atoms with Crippen LogP contribution in [0.1, 0.15) is 0 Å². The van der Waals surface area contributed by atoms with E-state index in [0.717, 1.165) is 0 Å². The van der Waals surface area contributed by atoms with Gasteiger partial charge in [0.25, 0.3) is 0 Å². The van der Waals surface area contributed by atoms with Crippen molar-refractivity contribution in [1.82, 2.24) is 0 Å². The minimum atomic E-state index is -5.34. The molecule has 0 N–H and O–H groups in total. The third-order valence-corrected chi connectivity index (χ3v) is 1.47. The Balaban J connectivity index is 3.92. The van der Waals surface area contributed by atoms with Crippen molar-refractivity contribution in [2.24, 2.45) is 0 Å². The van der Waals surface area contributed by atoms with Crippen molar-refractivity contribution in [3.8, 4) is 0 Å². The van der Waals surface area contributed by atoms with Gasteiger partial charge in [0, 0.05) is 0 Å². The Labute approximate surface area is 86.5 Å². The second kappa shape index (κ2) is 4.80. The standard InChI is InChI=1S/2C2HF3O2.Pd/c2*3-2(4,5)1(6)7;/h2*(H,6,7);/q;;+2/p-2. The van der Waals surface area contributed by atoms with Gasteiger partial charge in [-0.15, -0.1) is 0 Å². The van der Waals surface area contributed by atoms with Crippen LogP contribution in [0.5, 0.6) is 0 Å². The van der Waals surface area contributed by atoms with E-state index < -0.39 is 43.0 Å². The molecule has 0 saturated heterocycles. The van der Waals surface area contributed by atoms with E-state index >= 15 is 0 Å². The van der Waals surface area contributed by atoms with Gasteiger partial charge in [0.05, 0.1) is 0 Å². The molecule has 0 radical (unpaired) electrons. The van der Waals surface area contributed by atoms with E-state index in [1.807, 2.05) is 0 Å². The van der Waals surface area contributed by atoms with Crippen LogP contribution in [-0.2, 0) is 35.2 Å². The number of halogens is 6. The van der Waals surface area contributed by atoms with E-state index in [0.29, 0.717) is 0 Å². The first-order valence-corrected chi connectivity index (χ1v) is 3.98. The minimum absolute atomic E-state index is 2.20. The molecule has 0 aromatic rings. The van der Waals surface area contributed by atoms with Crippen molar-refractivity contribution < 1.29 is 61.6 Å². The van der Waals surface area contributed by atoms with Gasteiger partial charge in [-0.1, -0.05) is 0 Å². The van der Waals surface area contributed by atoms with Crippen molar-refractivity contribution in [3.63, 3.8) is 0 Å². The molecule has 0 atom stereocenters. The van der Waals surface area contributed by atoms with Crippen molar-refractivity contribution in [1.29, 1.82) is 0 Å². The summed E-state index contributed by atoms with van der Waals surface area (Å²) in [6, 6.07) is 0. The molecule has 0 aliphatic rings. The first kappa shape index (κ1) is 14.2. The van der Waals surface area contributed by atoms with Gasteiger partial charge in [0.1, 0.15) is 0 Å². The summed E-state index contributed by atoms with van der Waals surface area (Å²) in [6.07, 6.45) is -10.7. The predicted molar refractivity (Wildman–Crippen MR) is 24.3 cm³/mol. The molecule has 0 heterocycles. The molecule has 11 heteroatoms. The Morgan fingerprint density at radius 2 is 1.07 bits per heavy atom. The third kappa shape index (κ3) is 5.58. The molecule has 0 rings (SSSR count). The monoisotopic (exact) mass is 332 g/mol. The molecule has 0 fully saturated rings. The summed E-state index contributed by atoms with van der Waals surface area (Å²) in [7, 11) is 0. The molecule has 4 nitrogen and oxygen atoms in total. The van der Waals surface area contributed by atoms with Crippen LogP contribution in [0, 0.1) is 0 Å². The van der Waals surface area contributed by atoms with Crippen LogP contribution in [0.2, 0.25) is 0 Å². The van der Waals surface area contributed by atoms with Crippen LogP contribution in [0.15, 0.2) is 0 Å². The number of hydrogen-bond donors (Lipinski definition) is 0. The quantitative estimate of drug-likeness (QED) is 0.561. The zero-order valence-corrected chi connectivity index (χ0v) is 7.77. The zero-order chi connectivity index (χ0) is 12.3. The van der Waals surface area contributed by atoms with E-state index in [1.54, 1.807) is 0 Å². The molecule has 0 bridgehead atoms. The number of carbonyl (C=O) groups is 2. The van der Waals surface area contributed by atoms with E-state index in [9.17, 15) is 35.9 Å². The molecule has 0 aliphatic heterocycles. The Morgan fingerprint density at radius 3 is 1.27 bits per heavy atom. The van der Waals surface area contributed by atoms with Crippen LogP contribution in [-0.4, -0.2) is 24.3 Å². The fourth-order valence-electron chi connectivity index (χ4n) is 0.134. The number of carbonyl (C=O) groups excluding carboxylic acids is 2. The maximum absolute atomic E-state index is 11.4. The van der Waals surface area contributed by atoms with Gasteiger partial charge in [0.15, 0.2) is 0 Å². The van der Waals surface area contributed by atoms with Gasteiger partial charge in [-0.25, -0.2) is 0 Å². The summed E-state index contributed by atoms with van der Waals surface area (Å²) in [6.45, 7) is 0. The second-order valence-electron chi connectivity index (χ2n) is 1.75. The summed E-state index contributed by atoms with van der Waals surface area (Å²) in [5.41, 5.74) is 0. The van der Waals surface area contributed by atoms with E-state index in [4.69, 9.17) is 0 Å². The van der Waals surface area contributed by atoms with Gasteiger partial charge in [-0.05, 0) is 0 Å². The maximum atomic E-state index is 11.4. The van der Waals surface area contributed by atoms with Crippen molar-refractivity contribution in [3.05, 3.63) is 0 Å². The molecule has 0 amide bonds. The number of rotatable bonds is 2. The molecule has 15 heavy (non-hydrogen) atoms. The van der Waals surface area contributed by atoms with Gasteiger partial charge in [-0.2, -0.15) is 0 Å². The molecular weight excluding hydrogens is 332 g/mol. The normalized spacial score (nSPS) is 12.4. The van der Waals surface area contributed by atoms with E-state index in [-0.39, 0.29) is 0 Å². The number of alkyl halides is 6. The molecule has 92 valence electrons. The van der Waals surface area contributed by atoms with Crippen LogP contribution in [0.4, 0.5) is 26.3 Å². The SMILES string of the molecule is O=C([O][Pd][O]C(=O)C(F)(F)F)C(F)(F)F. The van der Waals surface area contributed by atoms with Crippen LogP contribution < -0.4 is 0 Å². The Bertz CT molecular complexity index is 231. The third-order valence-electron chi connectivity index (χ3n) is 0.633. The van der Waals surface area contributed by atoms with E-state index in [2.05, 4.69) is 6.92 Å². The fraction of sp³-hybridized carbons (Fsp3) is 0.500. The molecular formula is C4F6O4Pd. The zero-order valence-electron chi connectivity index (χ0n) is 6.22. The van der Waals surface area contributed by atoms with Crippen molar-refractivity contribution in [2.45, 2.75) is 12.4 Å². The Morgan fingerprint density at radius 1 is 0.800 bits per heavy atom. The Hall–Kier alpha value is -0.818. The van der Waals surface area contributed by atoms with Crippen LogP contribution in [0.25, 0.3) is 0 Å². The van der Waals surface area contributed by atoms with E-state index in [1.165, 1.54) is 0 Å².